The molecule has 0 fully saturated rings. The van der Waals surface area contributed by atoms with Crippen LogP contribution in [0.5, 0.6) is 0 Å². The average molecular weight is 189 g/mol. The first-order chi connectivity index (χ1) is 6.16. The van der Waals surface area contributed by atoms with Crippen LogP contribution in [0.25, 0.3) is 10.9 Å². The molecule has 1 aromatic carbocycles. The molecule has 0 aliphatic heterocycles. The Hall–Kier alpha value is -1.15. The zero-order valence-electron chi connectivity index (χ0n) is 7.72. The predicted molar refractivity (Wildman–Crippen MR) is 58.6 cm³/mol. The summed E-state index contributed by atoms with van der Waals surface area (Å²) in [4.78, 5) is 3.21. The molecule has 0 saturated carbocycles. The number of fused-ring (bicyclic) bond motifs is 1. The SMILES string of the molecule is Cc1ccc2cc(C)c(=S)[nH]c2c1. The van der Waals surface area contributed by atoms with E-state index >= 15 is 0 Å². The topological polar surface area (TPSA) is 15.8 Å². The van der Waals surface area contributed by atoms with Gasteiger partial charge in [-0.2, -0.15) is 0 Å². The predicted octanol–water partition coefficient (Wildman–Crippen LogP) is 3.51. The number of nitrogens with one attached hydrogen (secondary N) is 1. The highest BCUT2D eigenvalue weighted by Gasteiger charge is 1.95. The van der Waals surface area contributed by atoms with Crippen LogP contribution in [-0.4, -0.2) is 4.98 Å². The summed E-state index contributed by atoms with van der Waals surface area (Å²) in [6, 6.07) is 8.46. The van der Waals surface area contributed by atoms with Gasteiger partial charge in [0.25, 0.3) is 0 Å². The smallest absolute Gasteiger partial charge is 0.106 e. The number of H-pyrrole nitrogens is 1. The first kappa shape index (κ1) is 8.45. The van der Waals surface area contributed by atoms with E-state index in [1.165, 1.54) is 10.9 Å². The van der Waals surface area contributed by atoms with E-state index in [0.717, 1.165) is 15.7 Å². The number of pyridine rings is 1. The highest BCUT2D eigenvalue weighted by molar-refractivity contribution is 7.71. The second kappa shape index (κ2) is 2.96. The molecule has 2 rings (SSSR count). The van der Waals surface area contributed by atoms with Gasteiger partial charge in [0.2, 0.25) is 0 Å². The van der Waals surface area contributed by atoms with Crippen molar-refractivity contribution >= 4 is 23.1 Å². The molecule has 13 heavy (non-hydrogen) atoms. The average Bonchev–Trinajstić information content (AvgIpc) is 2.08. The first-order valence-corrected chi connectivity index (χ1v) is 4.68. The standard InChI is InChI=1S/C11H11NS/c1-7-3-4-9-6-8(2)11(13)12-10(9)5-7/h3-6H,1-2H3,(H,12,13). The first-order valence-electron chi connectivity index (χ1n) is 4.27. The fourth-order valence-corrected chi connectivity index (χ4v) is 1.59. The second-order valence-electron chi connectivity index (χ2n) is 3.37. The summed E-state index contributed by atoms with van der Waals surface area (Å²) in [6.45, 7) is 4.11. The molecule has 0 atom stereocenters. The third kappa shape index (κ3) is 1.49. The Morgan fingerprint density at radius 3 is 2.69 bits per heavy atom. The molecule has 0 unspecified atom stereocenters. The molecule has 0 amide bonds. The molecule has 66 valence electrons. The number of aromatic amines is 1. The van der Waals surface area contributed by atoms with Crippen LogP contribution in [0.3, 0.4) is 0 Å². The molecule has 1 nitrogen and oxygen atoms in total. The maximum Gasteiger partial charge on any atom is 0.106 e. The second-order valence-corrected chi connectivity index (χ2v) is 3.78. The van der Waals surface area contributed by atoms with Crippen molar-refractivity contribution in [2.24, 2.45) is 0 Å². The summed E-state index contributed by atoms with van der Waals surface area (Å²) in [6.07, 6.45) is 0. The highest BCUT2D eigenvalue weighted by atomic mass is 32.1. The van der Waals surface area contributed by atoms with Gasteiger partial charge in [-0.05, 0) is 42.5 Å². The van der Waals surface area contributed by atoms with Gasteiger partial charge in [0, 0.05) is 5.52 Å². The number of benzene rings is 1. The minimum atomic E-state index is 0.832. The lowest BCUT2D eigenvalue weighted by Gasteiger charge is -2.01. The van der Waals surface area contributed by atoms with E-state index in [-0.39, 0.29) is 0 Å². The molecule has 2 aromatic rings. The normalized spacial score (nSPS) is 10.6. The van der Waals surface area contributed by atoms with Crippen LogP contribution in [0.2, 0.25) is 0 Å². The lowest BCUT2D eigenvalue weighted by atomic mass is 10.1. The molecular formula is C11H11NS. The van der Waals surface area contributed by atoms with Gasteiger partial charge in [0.1, 0.15) is 4.64 Å². The highest BCUT2D eigenvalue weighted by Crippen LogP contribution is 2.15. The van der Waals surface area contributed by atoms with Gasteiger partial charge in [-0.25, -0.2) is 0 Å². The van der Waals surface area contributed by atoms with Gasteiger partial charge in [0.05, 0.1) is 0 Å². The summed E-state index contributed by atoms with van der Waals surface area (Å²) in [7, 11) is 0. The van der Waals surface area contributed by atoms with E-state index in [9.17, 15) is 0 Å². The van der Waals surface area contributed by atoms with Gasteiger partial charge in [-0.3, -0.25) is 0 Å². The van der Waals surface area contributed by atoms with E-state index < -0.39 is 0 Å². The Labute approximate surface area is 82.4 Å². The zero-order chi connectivity index (χ0) is 9.42. The van der Waals surface area contributed by atoms with Crippen molar-refractivity contribution in [2.75, 3.05) is 0 Å². The van der Waals surface area contributed by atoms with Crippen molar-refractivity contribution in [3.63, 3.8) is 0 Å². The third-order valence-electron chi connectivity index (χ3n) is 2.19. The lowest BCUT2D eigenvalue weighted by Crippen LogP contribution is -1.84. The summed E-state index contributed by atoms with van der Waals surface area (Å²) >= 11 is 5.17. The summed E-state index contributed by atoms with van der Waals surface area (Å²) in [5, 5.41) is 1.22. The Balaban J connectivity index is 2.89. The van der Waals surface area contributed by atoms with Crippen LogP contribution < -0.4 is 0 Å². The monoisotopic (exact) mass is 189 g/mol. The molecule has 1 N–H and O–H groups in total. The summed E-state index contributed by atoms with van der Waals surface area (Å²) in [5.74, 6) is 0. The van der Waals surface area contributed by atoms with Crippen molar-refractivity contribution in [1.82, 2.24) is 4.98 Å². The Kier molecular flexibility index (Phi) is 1.93. The van der Waals surface area contributed by atoms with Crippen molar-refractivity contribution in [3.05, 3.63) is 40.0 Å². The Morgan fingerprint density at radius 1 is 1.15 bits per heavy atom. The maximum absolute atomic E-state index is 5.17. The van der Waals surface area contributed by atoms with Crippen LogP contribution in [0.4, 0.5) is 0 Å². The molecule has 1 aromatic heterocycles. The van der Waals surface area contributed by atoms with Crippen LogP contribution in [0.15, 0.2) is 24.3 Å². The minimum absolute atomic E-state index is 0.832. The van der Waals surface area contributed by atoms with Gasteiger partial charge in [-0.1, -0.05) is 24.4 Å². The molecule has 0 aliphatic rings. The summed E-state index contributed by atoms with van der Waals surface area (Å²) < 4.78 is 0.832. The molecule has 0 aliphatic carbocycles. The summed E-state index contributed by atoms with van der Waals surface area (Å²) in [5.41, 5.74) is 3.50. The molecule has 0 saturated heterocycles. The van der Waals surface area contributed by atoms with Gasteiger partial charge in [-0.15, -0.1) is 0 Å². The van der Waals surface area contributed by atoms with Gasteiger partial charge in [0.15, 0.2) is 0 Å². The van der Waals surface area contributed by atoms with Crippen LogP contribution in [0, 0.1) is 18.5 Å². The Morgan fingerprint density at radius 2 is 1.92 bits per heavy atom. The minimum Gasteiger partial charge on any atom is -0.346 e. The van der Waals surface area contributed by atoms with Crippen molar-refractivity contribution in [3.8, 4) is 0 Å². The number of aryl methyl sites for hydroxylation is 2. The molecule has 1 heterocycles. The number of hydrogen-bond acceptors (Lipinski definition) is 1. The quantitative estimate of drug-likeness (QED) is 0.627. The van der Waals surface area contributed by atoms with E-state index in [4.69, 9.17) is 12.2 Å². The third-order valence-corrected chi connectivity index (χ3v) is 2.61. The van der Waals surface area contributed by atoms with Gasteiger partial charge >= 0.3 is 0 Å². The Bertz CT molecular complexity index is 511. The van der Waals surface area contributed by atoms with Crippen molar-refractivity contribution in [1.29, 1.82) is 0 Å². The van der Waals surface area contributed by atoms with E-state index in [1.54, 1.807) is 0 Å². The molecule has 0 spiro atoms. The lowest BCUT2D eigenvalue weighted by molar-refractivity contribution is 1.29. The van der Waals surface area contributed by atoms with Crippen LogP contribution >= 0.6 is 12.2 Å². The van der Waals surface area contributed by atoms with E-state index in [1.807, 2.05) is 6.92 Å². The van der Waals surface area contributed by atoms with E-state index in [0.29, 0.717) is 0 Å². The van der Waals surface area contributed by atoms with Crippen molar-refractivity contribution in [2.45, 2.75) is 13.8 Å². The fourth-order valence-electron chi connectivity index (χ4n) is 1.42. The number of hydrogen-bond donors (Lipinski definition) is 1. The van der Waals surface area contributed by atoms with Crippen molar-refractivity contribution < 1.29 is 0 Å². The zero-order valence-corrected chi connectivity index (χ0v) is 8.53. The van der Waals surface area contributed by atoms with Gasteiger partial charge < -0.3 is 4.98 Å². The fraction of sp³-hybridized carbons (Fsp3) is 0.182. The molecular weight excluding hydrogens is 178 g/mol. The largest absolute Gasteiger partial charge is 0.346 e. The van der Waals surface area contributed by atoms with Crippen LogP contribution in [0.1, 0.15) is 11.1 Å². The molecule has 2 heteroatoms. The number of aromatic nitrogens is 1. The maximum atomic E-state index is 5.17. The molecule has 0 bridgehead atoms. The van der Waals surface area contributed by atoms with E-state index in [2.05, 4.69) is 36.2 Å². The van der Waals surface area contributed by atoms with Crippen LogP contribution in [-0.2, 0) is 0 Å². The number of rotatable bonds is 0. The molecule has 0 radical (unpaired) electrons.